The maximum atomic E-state index is 12.7. The zero-order valence-electron chi connectivity index (χ0n) is 9.04. The normalized spacial score (nSPS) is 11.7. The molecule has 0 amide bonds. The van der Waals surface area contributed by atoms with Crippen LogP contribution in [0.2, 0.25) is 0 Å². The van der Waals surface area contributed by atoms with E-state index in [2.05, 4.69) is 9.72 Å². The van der Waals surface area contributed by atoms with Crippen LogP contribution in [-0.2, 0) is 6.54 Å². The van der Waals surface area contributed by atoms with Crippen LogP contribution in [0.25, 0.3) is 0 Å². The van der Waals surface area contributed by atoms with Gasteiger partial charge in [-0.25, -0.2) is 18.6 Å². The maximum absolute atomic E-state index is 12.7. The molecule has 106 valence electrons. The minimum atomic E-state index is -5.20. The quantitative estimate of drug-likeness (QED) is 0.828. The predicted octanol–water partition coefficient (Wildman–Crippen LogP) is 2.07. The lowest BCUT2D eigenvalue weighted by molar-refractivity contribution is -0.276. The van der Waals surface area contributed by atoms with Crippen molar-refractivity contribution >= 4 is 5.97 Å². The van der Waals surface area contributed by atoms with Crippen LogP contribution >= 0.6 is 0 Å². The molecule has 10 heteroatoms. The molecule has 0 aromatic carbocycles. The van der Waals surface area contributed by atoms with Gasteiger partial charge in [0.25, 0.3) is 6.43 Å². The summed E-state index contributed by atoms with van der Waals surface area (Å²) in [7, 11) is 0. The van der Waals surface area contributed by atoms with Crippen molar-refractivity contribution in [3.63, 3.8) is 0 Å². The Labute approximate surface area is 102 Å². The third kappa shape index (κ3) is 3.74. The van der Waals surface area contributed by atoms with Crippen LogP contribution in [0.1, 0.15) is 28.0 Å². The van der Waals surface area contributed by atoms with Gasteiger partial charge >= 0.3 is 12.3 Å². The number of rotatable bonds is 4. The van der Waals surface area contributed by atoms with Gasteiger partial charge in [-0.2, -0.15) is 0 Å². The minimum absolute atomic E-state index is 0.457. The number of nitrogens with zero attached hydrogens (tertiary/aromatic N) is 1. The average molecular weight is 286 g/mol. The van der Waals surface area contributed by atoms with Crippen molar-refractivity contribution < 1.29 is 36.6 Å². The van der Waals surface area contributed by atoms with Gasteiger partial charge in [-0.1, -0.05) is 0 Å². The van der Waals surface area contributed by atoms with E-state index in [0.29, 0.717) is 6.07 Å². The molecule has 1 aromatic rings. The summed E-state index contributed by atoms with van der Waals surface area (Å²) in [6, 6.07) is 0.457. The molecule has 0 atom stereocenters. The van der Waals surface area contributed by atoms with Crippen LogP contribution in [0.4, 0.5) is 22.0 Å². The summed E-state index contributed by atoms with van der Waals surface area (Å²) in [4.78, 5) is 13.6. The van der Waals surface area contributed by atoms with Gasteiger partial charge in [0.1, 0.15) is 0 Å². The number of hydrogen-bond acceptors (Lipinski definition) is 4. The largest absolute Gasteiger partial charge is 0.574 e. The molecule has 0 radical (unpaired) electrons. The van der Waals surface area contributed by atoms with Crippen LogP contribution in [0.5, 0.6) is 5.88 Å². The summed E-state index contributed by atoms with van der Waals surface area (Å²) in [5.41, 5.74) is 2.41. The Morgan fingerprint density at radius 1 is 1.47 bits per heavy atom. The molecule has 5 nitrogen and oxygen atoms in total. The number of pyridine rings is 1. The molecule has 0 saturated carbocycles. The second-order valence-electron chi connectivity index (χ2n) is 3.24. The second-order valence-corrected chi connectivity index (χ2v) is 3.24. The molecule has 0 fully saturated rings. The Morgan fingerprint density at radius 2 is 2.05 bits per heavy atom. The lowest BCUT2D eigenvalue weighted by Gasteiger charge is -2.15. The Morgan fingerprint density at radius 3 is 2.42 bits per heavy atom. The van der Waals surface area contributed by atoms with E-state index in [9.17, 15) is 26.7 Å². The molecule has 19 heavy (non-hydrogen) atoms. The van der Waals surface area contributed by atoms with E-state index in [4.69, 9.17) is 10.8 Å². The summed E-state index contributed by atoms with van der Waals surface area (Å²) in [5, 5.41) is 8.60. The van der Waals surface area contributed by atoms with E-state index in [1.807, 2.05) is 0 Å². The van der Waals surface area contributed by atoms with Gasteiger partial charge in [0.05, 0.1) is 0 Å². The van der Waals surface area contributed by atoms with Crippen LogP contribution in [0, 0.1) is 0 Å². The molecule has 0 aliphatic heterocycles. The molecular formula is C9H7F5N2O3. The Balaban J connectivity index is 3.44. The molecule has 3 N–H and O–H groups in total. The number of hydrogen-bond donors (Lipinski definition) is 2. The fourth-order valence-electron chi connectivity index (χ4n) is 1.27. The molecule has 1 rings (SSSR count). The first-order valence-corrected chi connectivity index (χ1v) is 4.66. The number of ether oxygens (including phenoxy) is 1. The van der Waals surface area contributed by atoms with Gasteiger partial charge in [0, 0.05) is 17.7 Å². The van der Waals surface area contributed by atoms with Crippen molar-refractivity contribution in [1.82, 2.24) is 4.98 Å². The number of halogens is 5. The van der Waals surface area contributed by atoms with Crippen molar-refractivity contribution in [2.24, 2.45) is 5.73 Å². The monoisotopic (exact) mass is 286 g/mol. The van der Waals surface area contributed by atoms with Crippen LogP contribution < -0.4 is 10.5 Å². The number of aromatic carboxylic acids is 1. The average Bonchev–Trinajstić information content (AvgIpc) is 2.25. The zero-order chi connectivity index (χ0) is 14.8. The van der Waals surface area contributed by atoms with E-state index < -0.39 is 48.0 Å². The third-order valence-corrected chi connectivity index (χ3v) is 1.99. The predicted molar refractivity (Wildman–Crippen MR) is 50.7 cm³/mol. The fourth-order valence-corrected chi connectivity index (χ4v) is 1.27. The summed E-state index contributed by atoms with van der Waals surface area (Å²) in [5.74, 6) is -3.05. The Hall–Kier alpha value is -1.97. The Kier molecular flexibility index (Phi) is 4.24. The molecule has 1 heterocycles. The topological polar surface area (TPSA) is 85.4 Å². The molecule has 0 saturated heterocycles. The Bertz CT molecular complexity index is 489. The van der Waals surface area contributed by atoms with E-state index >= 15 is 0 Å². The van der Waals surface area contributed by atoms with Gasteiger partial charge in [-0.05, 0) is 6.07 Å². The first kappa shape index (κ1) is 15.1. The van der Waals surface area contributed by atoms with Crippen molar-refractivity contribution in [3.05, 3.63) is 22.9 Å². The van der Waals surface area contributed by atoms with Gasteiger partial charge in [-0.15, -0.1) is 13.2 Å². The highest BCUT2D eigenvalue weighted by Gasteiger charge is 2.34. The summed E-state index contributed by atoms with van der Waals surface area (Å²) >= 11 is 0. The van der Waals surface area contributed by atoms with Gasteiger partial charge in [-0.3, -0.25) is 0 Å². The molecule has 0 aliphatic carbocycles. The van der Waals surface area contributed by atoms with E-state index in [1.54, 1.807) is 0 Å². The first-order chi connectivity index (χ1) is 8.65. The van der Waals surface area contributed by atoms with Crippen molar-refractivity contribution in [2.75, 3.05) is 0 Å². The van der Waals surface area contributed by atoms with Crippen LogP contribution in [0.3, 0.4) is 0 Å². The number of alkyl halides is 5. The number of carboxylic acid groups (broad SMARTS) is 1. The summed E-state index contributed by atoms with van der Waals surface area (Å²) in [6.45, 7) is -0.710. The molecule has 0 aliphatic rings. The highest BCUT2D eigenvalue weighted by Crippen LogP contribution is 2.32. The highest BCUT2D eigenvalue weighted by atomic mass is 19.4. The third-order valence-electron chi connectivity index (χ3n) is 1.99. The lowest BCUT2D eigenvalue weighted by atomic mass is 10.1. The van der Waals surface area contributed by atoms with Crippen molar-refractivity contribution in [3.8, 4) is 5.88 Å². The summed E-state index contributed by atoms with van der Waals surface area (Å²) < 4.78 is 65.0. The van der Waals surface area contributed by atoms with E-state index in [0.717, 1.165) is 0 Å². The van der Waals surface area contributed by atoms with Gasteiger partial charge < -0.3 is 15.6 Å². The molecule has 0 spiro atoms. The number of carbonyl (C=O) groups is 1. The summed E-state index contributed by atoms with van der Waals surface area (Å²) in [6.07, 6.45) is -8.41. The fraction of sp³-hybridized carbons (Fsp3) is 0.333. The van der Waals surface area contributed by atoms with Crippen LogP contribution in [0.15, 0.2) is 6.07 Å². The SMILES string of the molecule is NCc1c(C(F)F)cc(C(=O)O)nc1OC(F)(F)F. The van der Waals surface area contributed by atoms with Crippen molar-refractivity contribution in [1.29, 1.82) is 0 Å². The minimum Gasteiger partial charge on any atom is -0.477 e. The number of nitrogens with two attached hydrogens (primary N) is 1. The molecule has 0 unspecified atom stereocenters. The number of carboxylic acids is 1. The van der Waals surface area contributed by atoms with Gasteiger partial charge in [0.15, 0.2) is 5.69 Å². The smallest absolute Gasteiger partial charge is 0.477 e. The number of aromatic nitrogens is 1. The molecule has 0 bridgehead atoms. The molecular weight excluding hydrogens is 279 g/mol. The maximum Gasteiger partial charge on any atom is 0.574 e. The second kappa shape index (κ2) is 5.34. The van der Waals surface area contributed by atoms with Crippen molar-refractivity contribution in [2.45, 2.75) is 19.3 Å². The lowest BCUT2D eigenvalue weighted by Crippen LogP contribution is -2.21. The van der Waals surface area contributed by atoms with E-state index in [1.165, 1.54) is 0 Å². The zero-order valence-corrected chi connectivity index (χ0v) is 9.04. The van der Waals surface area contributed by atoms with Gasteiger partial charge in [0.2, 0.25) is 5.88 Å². The van der Waals surface area contributed by atoms with Crippen LogP contribution in [-0.4, -0.2) is 22.4 Å². The highest BCUT2D eigenvalue weighted by molar-refractivity contribution is 5.86. The standard InChI is InChI=1S/C9H7F5N2O3/c10-6(11)3-1-5(8(17)18)16-7(4(3)2-15)19-9(12,13)14/h1,6H,2,15H2,(H,17,18). The first-order valence-electron chi connectivity index (χ1n) is 4.66. The molecule has 1 aromatic heterocycles. The van der Waals surface area contributed by atoms with E-state index in [-0.39, 0.29) is 0 Å².